The number of halogens is 2. The van der Waals surface area contributed by atoms with E-state index in [2.05, 4.69) is 10.6 Å². The van der Waals surface area contributed by atoms with Gasteiger partial charge in [-0.3, -0.25) is 0 Å². The summed E-state index contributed by atoms with van der Waals surface area (Å²) in [6.07, 6.45) is 0. The fourth-order valence-electron chi connectivity index (χ4n) is 2.18. The summed E-state index contributed by atoms with van der Waals surface area (Å²) >= 11 is 0. The van der Waals surface area contributed by atoms with E-state index in [1.54, 1.807) is 0 Å². The first-order valence-corrected chi connectivity index (χ1v) is 6.73. The number of carbonyl (C=O) groups excluding carboxylic acids is 1. The number of rotatable bonds is 3. The second-order valence-corrected chi connectivity index (χ2v) is 5.03. The summed E-state index contributed by atoms with van der Waals surface area (Å²) in [7, 11) is 0. The quantitative estimate of drug-likeness (QED) is 0.760. The van der Waals surface area contributed by atoms with Crippen molar-refractivity contribution in [1.29, 1.82) is 0 Å². The molecule has 0 heterocycles. The van der Waals surface area contributed by atoms with Crippen molar-refractivity contribution in [3.8, 4) is 0 Å². The Morgan fingerprint density at radius 2 is 1.82 bits per heavy atom. The highest BCUT2D eigenvalue weighted by Gasteiger charge is 2.12. The molecule has 4 N–H and O–H groups in total. The molecule has 116 valence electrons. The van der Waals surface area contributed by atoms with Gasteiger partial charge in [-0.15, -0.1) is 0 Å². The molecule has 0 unspecified atom stereocenters. The average molecular weight is 305 g/mol. The van der Waals surface area contributed by atoms with E-state index < -0.39 is 17.7 Å². The molecule has 2 aromatic carbocycles. The zero-order chi connectivity index (χ0) is 16.3. The molecule has 2 amide bonds. The van der Waals surface area contributed by atoms with Crippen LogP contribution >= 0.6 is 0 Å². The average Bonchev–Trinajstić information content (AvgIpc) is 2.42. The van der Waals surface area contributed by atoms with E-state index in [0.717, 1.165) is 22.8 Å². The molecule has 0 spiro atoms. The van der Waals surface area contributed by atoms with Crippen LogP contribution in [-0.4, -0.2) is 6.03 Å². The SMILES string of the molecule is Cc1cccc(C)c1CNC(=O)Nc1c(N)cc(F)cc1F. The largest absolute Gasteiger partial charge is 0.397 e. The Kier molecular flexibility index (Phi) is 4.60. The second-order valence-electron chi connectivity index (χ2n) is 5.03. The highest BCUT2D eigenvalue weighted by atomic mass is 19.1. The maximum atomic E-state index is 13.6. The number of nitrogen functional groups attached to an aromatic ring is 1. The van der Waals surface area contributed by atoms with Gasteiger partial charge >= 0.3 is 6.03 Å². The molecule has 0 fully saturated rings. The van der Waals surface area contributed by atoms with Crippen LogP contribution in [-0.2, 0) is 6.54 Å². The van der Waals surface area contributed by atoms with Crippen molar-refractivity contribution in [2.75, 3.05) is 11.1 Å². The van der Waals surface area contributed by atoms with Crippen LogP contribution in [0.2, 0.25) is 0 Å². The van der Waals surface area contributed by atoms with Crippen LogP contribution in [0, 0.1) is 25.5 Å². The third kappa shape index (κ3) is 3.52. The minimum absolute atomic E-state index is 0.167. The maximum absolute atomic E-state index is 13.6. The van der Waals surface area contributed by atoms with Gasteiger partial charge in [-0.25, -0.2) is 13.6 Å². The Balaban J connectivity index is 2.05. The molecule has 0 saturated heterocycles. The number of amides is 2. The number of nitrogens with one attached hydrogen (secondary N) is 2. The van der Waals surface area contributed by atoms with Gasteiger partial charge < -0.3 is 16.4 Å². The second kappa shape index (κ2) is 6.43. The third-order valence-corrected chi connectivity index (χ3v) is 3.39. The molecular formula is C16H17F2N3O. The molecule has 0 aromatic heterocycles. The number of nitrogens with two attached hydrogens (primary N) is 1. The minimum atomic E-state index is -0.917. The molecule has 0 aliphatic heterocycles. The minimum Gasteiger partial charge on any atom is -0.397 e. The number of hydrogen-bond acceptors (Lipinski definition) is 2. The van der Waals surface area contributed by atoms with Gasteiger partial charge in [0.05, 0.1) is 5.69 Å². The lowest BCUT2D eigenvalue weighted by molar-refractivity contribution is 0.251. The predicted octanol–water partition coefficient (Wildman–Crippen LogP) is 3.49. The normalized spacial score (nSPS) is 10.4. The Hall–Kier alpha value is -2.63. The molecule has 0 aliphatic carbocycles. The van der Waals surface area contributed by atoms with E-state index in [4.69, 9.17) is 5.73 Å². The van der Waals surface area contributed by atoms with Crippen LogP contribution in [0.5, 0.6) is 0 Å². The molecule has 0 saturated carbocycles. The number of anilines is 2. The van der Waals surface area contributed by atoms with Gasteiger partial charge in [0, 0.05) is 12.6 Å². The molecule has 22 heavy (non-hydrogen) atoms. The Morgan fingerprint density at radius 1 is 1.18 bits per heavy atom. The summed E-state index contributed by atoms with van der Waals surface area (Å²) in [5.41, 5.74) is 8.19. The molecule has 4 nitrogen and oxygen atoms in total. The number of carbonyl (C=O) groups is 1. The van der Waals surface area contributed by atoms with Crippen molar-refractivity contribution in [2.45, 2.75) is 20.4 Å². The van der Waals surface area contributed by atoms with Crippen molar-refractivity contribution < 1.29 is 13.6 Å². The summed E-state index contributed by atoms with van der Waals surface area (Å²) in [6.45, 7) is 4.19. The monoisotopic (exact) mass is 305 g/mol. The van der Waals surface area contributed by atoms with E-state index in [9.17, 15) is 13.6 Å². The summed E-state index contributed by atoms with van der Waals surface area (Å²) in [5.74, 6) is -1.71. The summed E-state index contributed by atoms with van der Waals surface area (Å²) in [5, 5.41) is 4.93. The Bertz CT molecular complexity index is 673. The smallest absolute Gasteiger partial charge is 0.319 e. The lowest BCUT2D eigenvalue weighted by Gasteiger charge is -2.13. The molecule has 0 radical (unpaired) electrons. The molecule has 0 bridgehead atoms. The van der Waals surface area contributed by atoms with Gasteiger partial charge in [0.15, 0.2) is 5.82 Å². The van der Waals surface area contributed by atoms with Crippen LogP contribution in [0.4, 0.5) is 25.0 Å². The number of hydrogen-bond donors (Lipinski definition) is 3. The standard InChI is InChI=1S/C16H17F2N3O/c1-9-4-3-5-10(2)12(9)8-20-16(22)21-15-13(18)6-11(17)7-14(15)19/h3-7H,8,19H2,1-2H3,(H2,20,21,22). The first kappa shape index (κ1) is 15.8. The van der Waals surface area contributed by atoms with Crippen LogP contribution in [0.15, 0.2) is 30.3 Å². The summed E-state index contributed by atoms with van der Waals surface area (Å²) in [4.78, 5) is 11.9. The van der Waals surface area contributed by atoms with Crippen molar-refractivity contribution in [1.82, 2.24) is 5.32 Å². The van der Waals surface area contributed by atoms with E-state index in [1.807, 2.05) is 32.0 Å². The number of benzene rings is 2. The zero-order valence-corrected chi connectivity index (χ0v) is 12.3. The van der Waals surface area contributed by atoms with Crippen LogP contribution < -0.4 is 16.4 Å². The topological polar surface area (TPSA) is 67.2 Å². The van der Waals surface area contributed by atoms with Crippen molar-refractivity contribution in [3.05, 3.63) is 58.7 Å². The van der Waals surface area contributed by atoms with E-state index in [0.29, 0.717) is 12.6 Å². The molecule has 0 aliphatic rings. The fourth-order valence-corrected chi connectivity index (χ4v) is 2.18. The molecule has 0 atom stereocenters. The van der Waals surface area contributed by atoms with Gasteiger partial charge in [-0.1, -0.05) is 18.2 Å². The van der Waals surface area contributed by atoms with Gasteiger partial charge in [-0.2, -0.15) is 0 Å². The van der Waals surface area contributed by atoms with Gasteiger partial charge in [-0.05, 0) is 36.6 Å². The number of aryl methyl sites for hydroxylation is 2. The first-order valence-electron chi connectivity index (χ1n) is 6.73. The van der Waals surface area contributed by atoms with Crippen molar-refractivity contribution >= 4 is 17.4 Å². The summed E-state index contributed by atoms with van der Waals surface area (Å²) in [6, 6.07) is 6.82. The number of urea groups is 1. The maximum Gasteiger partial charge on any atom is 0.319 e. The zero-order valence-electron chi connectivity index (χ0n) is 12.3. The third-order valence-electron chi connectivity index (χ3n) is 3.39. The predicted molar refractivity (Wildman–Crippen MR) is 82.5 cm³/mol. The Morgan fingerprint density at radius 3 is 2.41 bits per heavy atom. The van der Waals surface area contributed by atoms with Crippen molar-refractivity contribution in [3.63, 3.8) is 0 Å². The van der Waals surface area contributed by atoms with Crippen LogP contribution in [0.3, 0.4) is 0 Å². The van der Waals surface area contributed by atoms with E-state index in [-0.39, 0.29) is 11.4 Å². The van der Waals surface area contributed by atoms with Gasteiger partial charge in [0.25, 0.3) is 0 Å². The molecular weight excluding hydrogens is 288 g/mol. The van der Waals surface area contributed by atoms with E-state index >= 15 is 0 Å². The highest BCUT2D eigenvalue weighted by molar-refractivity contribution is 5.92. The van der Waals surface area contributed by atoms with E-state index in [1.165, 1.54) is 0 Å². The first-order chi connectivity index (χ1) is 10.4. The molecule has 6 heteroatoms. The summed E-state index contributed by atoms with van der Waals surface area (Å²) < 4.78 is 26.6. The lowest BCUT2D eigenvalue weighted by Crippen LogP contribution is -2.29. The lowest BCUT2D eigenvalue weighted by atomic mass is 10.0. The fraction of sp³-hybridized carbons (Fsp3) is 0.188. The highest BCUT2D eigenvalue weighted by Crippen LogP contribution is 2.23. The van der Waals surface area contributed by atoms with Gasteiger partial charge in [0.2, 0.25) is 0 Å². The van der Waals surface area contributed by atoms with Crippen LogP contribution in [0.1, 0.15) is 16.7 Å². The molecule has 2 aromatic rings. The van der Waals surface area contributed by atoms with Crippen LogP contribution in [0.25, 0.3) is 0 Å². The Labute approximate surface area is 127 Å². The van der Waals surface area contributed by atoms with Gasteiger partial charge in [0.1, 0.15) is 11.5 Å². The molecule has 2 rings (SSSR count). The van der Waals surface area contributed by atoms with Crippen molar-refractivity contribution in [2.24, 2.45) is 0 Å².